The number of methoxy groups -OCH3 is 1. The lowest BCUT2D eigenvalue weighted by molar-refractivity contribution is -0.146. The van der Waals surface area contributed by atoms with E-state index in [1.165, 1.54) is 31.3 Å². The van der Waals surface area contributed by atoms with Crippen molar-refractivity contribution in [2.75, 3.05) is 13.7 Å². The molecule has 0 bridgehead atoms. The number of hydrogen-bond donors (Lipinski definition) is 1. The molecule has 3 rings (SSSR count). The van der Waals surface area contributed by atoms with Gasteiger partial charge in [0.2, 0.25) is 0 Å². The zero-order chi connectivity index (χ0) is 15.5. The summed E-state index contributed by atoms with van der Waals surface area (Å²) in [7, 11) is 1.31. The van der Waals surface area contributed by atoms with Crippen LogP contribution in [0.15, 0.2) is 6.20 Å². The number of esters is 1. The lowest BCUT2D eigenvalue weighted by Gasteiger charge is -2.25. The molecule has 2 heterocycles. The highest BCUT2D eigenvalue weighted by atomic mass is 16.6. The van der Waals surface area contributed by atoms with Crippen molar-refractivity contribution in [1.29, 1.82) is 0 Å². The van der Waals surface area contributed by atoms with E-state index in [1.807, 2.05) is 0 Å². The molecule has 1 amide bonds. The fourth-order valence-corrected chi connectivity index (χ4v) is 3.28. The van der Waals surface area contributed by atoms with Gasteiger partial charge in [-0.1, -0.05) is 19.3 Å². The highest BCUT2D eigenvalue weighted by molar-refractivity contribution is 5.84. The number of fused-ring (bicyclic) bond motifs is 1. The summed E-state index contributed by atoms with van der Waals surface area (Å²) in [6.45, 7) is 0.716. The molecule has 1 aliphatic heterocycles. The Morgan fingerprint density at radius 2 is 2.14 bits per heavy atom. The fraction of sp³-hybridized carbons (Fsp3) is 0.667. The van der Waals surface area contributed by atoms with Gasteiger partial charge in [-0.2, -0.15) is 5.10 Å². The number of nitrogens with zero attached hydrogens (tertiary/aromatic N) is 2. The monoisotopic (exact) mass is 307 g/mol. The number of H-pyrrole nitrogens is 1. The fourth-order valence-electron chi connectivity index (χ4n) is 3.28. The molecule has 0 radical (unpaired) electrons. The Hall–Kier alpha value is -2.05. The van der Waals surface area contributed by atoms with E-state index >= 15 is 0 Å². The molecule has 7 heteroatoms. The van der Waals surface area contributed by atoms with Gasteiger partial charge in [-0.15, -0.1) is 0 Å². The SMILES string of the molecule is COC(=O)C1c2cn[nH]c2CN1C(=O)OCC1CCCCC1. The van der Waals surface area contributed by atoms with E-state index in [2.05, 4.69) is 10.2 Å². The minimum absolute atomic E-state index is 0.290. The molecule has 1 aromatic rings. The number of aromatic nitrogens is 2. The number of ether oxygens (including phenoxy) is 2. The van der Waals surface area contributed by atoms with Crippen molar-refractivity contribution in [2.24, 2.45) is 5.92 Å². The molecule has 2 aliphatic rings. The van der Waals surface area contributed by atoms with Crippen LogP contribution in [0.2, 0.25) is 0 Å². The number of aromatic amines is 1. The van der Waals surface area contributed by atoms with Crippen LogP contribution >= 0.6 is 0 Å². The summed E-state index contributed by atoms with van der Waals surface area (Å²) in [5.41, 5.74) is 1.44. The van der Waals surface area contributed by atoms with Crippen LogP contribution in [-0.2, 0) is 20.8 Å². The zero-order valence-corrected chi connectivity index (χ0v) is 12.7. The van der Waals surface area contributed by atoms with Crippen LogP contribution in [0.3, 0.4) is 0 Å². The smallest absolute Gasteiger partial charge is 0.411 e. The summed E-state index contributed by atoms with van der Waals surface area (Å²) in [4.78, 5) is 25.7. The molecule has 0 spiro atoms. The van der Waals surface area contributed by atoms with Gasteiger partial charge in [-0.25, -0.2) is 9.59 Å². The number of carbonyl (C=O) groups is 2. The topological polar surface area (TPSA) is 84.5 Å². The maximum absolute atomic E-state index is 12.3. The second-order valence-corrected chi connectivity index (χ2v) is 5.94. The summed E-state index contributed by atoms with van der Waals surface area (Å²) in [5.74, 6) is -0.0360. The van der Waals surface area contributed by atoms with Gasteiger partial charge in [0.1, 0.15) is 0 Å². The van der Waals surface area contributed by atoms with Crippen molar-refractivity contribution < 1.29 is 19.1 Å². The molecule has 1 fully saturated rings. The molecule has 22 heavy (non-hydrogen) atoms. The Balaban J connectivity index is 1.63. The summed E-state index contributed by atoms with van der Waals surface area (Å²) in [5, 5.41) is 6.72. The van der Waals surface area contributed by atoms with E-state index in [0.717, 1.165) is 18.5 Å². The highest BCUT2D eigenvalue weighted by Crippen LogP contribution is 2.34. The van der Waals surface area contributed by atoms with Crippen LogP contribution in [0.4, 0.5) is 4.79 Å². The summed E-state index contributed by atoms with van der Waals surface area (Å²) >= 11 is 0. The van der Waals surface area contributed by atoms with Crippen LogP contribution in [0, 0.1) is 5.92 Å². The maximum Gasteiger partial charge on any atom is 0.411 e. The third-order valence-corrected chi connectivity index (χ3v) is 4.51. The molecule has 0 aromatic carbocycles. The van der Waals surface area contributed by atoms with Crippen LogP contribution in [-0.4, -0.2) is 40.9 Å². The van der Waals surface area contributed by atoms with Gasteiger partial charge in [0.25, 0.3) is 0 Å². The summed E-state index contributed by atoms with van der Waals surface area (Å²) in [6.07, 6.45) is 6.98. The van der Waals surface area contributed by atoms with E-state index in [4.69, 9.17) is 9.47 Å². The highest BCUT2D eigenvalue weighted by Gasteiger charge is 2.41. The molecule has 1 unspecified atom stereocenters. The minimum Gasteiger partial charge on any atom is -0.467 e. The van der Waals surface area contributed by atoms with Crippen molar-refractivity contribution in [3.05, 3.63) is 17.5 Å². The molecule has 1 aliphatic carbocycles. The molecule has 120 valence electrons. The minimum atomic E-state index is -0.766. The number of carbonyl (C=O) groups excluding carboxylic acids is 2. The average molecular weight is 307 g/mol. The quantitative estimate of drug-likeness (QED) is 0.865. The van der Waals surface area contributed by atoms with E-state index in [0.29, 0.717) is 24.6 Å². The molecule has 7 nitrogen and oxygen atoms in total. The van der Waals surface area contributed by atoms with Crippen LogP contribution in [0.25, 0.3) is 0 Å². The van der Waals surface area contributed by atoms with Crippen LogP contribution in [0.5, 0.6) is 0 Å². The van der Waals surface area contributed by atoms with Gasteiger partial charge in [-0.3, -0.25) is 10.00 Å². The molecule has 1 atom stereocenters. The number of rotatable bonds is 3. The first-order valence-corrected chi connectivity index (χ1v) is 7.74. The van der Waals surface area contributed by atoms with Gasteiger partial charge in [0.15, 0.2) is 6.04 Å². The van der Waals surface area contributed by atoms with Crippen LogP contribution < -0.4 is 0 Å². The van der Waals surface area contributed by atoms with Gasteiger partial charge < -0.3 is 9.47 Å². The van der Waals surface area contributed by atoms with E-state index in [9.17, 15) is 9.59 Å². The normalized spacial score (nSPS) is 21.5. The van der Waals surface area contributed by atoms with Crippen molar-refractivity contribution in [2.45, 2.75) is 44.7 Å². The Morgan fingerprint density at radius 3 is 2.86 bits per heavy atom. The van der Waals surface area contributed by atoms with Gasteiger partial charge in [0, 0.05) is 5.56 Å². The lowest BCUT2D eigenvalue weighted by atomic mass is 9.90. The molecule has 0 saturated heterocycles. The summed E-state index contributed by atoms with van der Waals surface area (Å²) in [6, 6.07) is -0.766. The Bertz CT molecular complexity index is 551. The first kappa shape index (κ1) is 14.9. The predicted octanol–water partition coefficient (Wildman–Crippen LogP) is 2.16. The van der Waals surface area contributed by atoms with Crippen molar-refractivity contribution in [3.8, 4) is 0 Å². The molecule has 1 N–H and O–H groups in total. The second kappa shape index (κ2) is 6.37. The standard InChI is InChI=1S/C15H21N3O4/c1-21-14(19)13-11-7-16-17-12(11)8-18(13)15(20)22-9-10-5-3-2-4-6-10/h7,10,13H,2-6,8-9H2,1H3,(H,16,17). The molecule has 1 saturated carbocycles. The Labute approximate surface area is 129 Å². The molecule has 1 aromatic heterocycles. The van der Waals surface area contributed by atoms with Crippen molar-refractivity contribution >= 4 is 12.1 Å². The van der Waals surface area contributed by atoms with E-state index in [-0.39, 0.29) is 0 Å². The van der Waals surface area contributed by atoms with E-state index in [1.54, 1.807) is 6.20 Å². The number of amides is 1. The molecular weight excluding hydrogens is 286 g/mol. The van der Waals surface area contributed by atoms with Crippen molar-refractivity contribution in [1.82, 2.24) is 15.1 Å². The lowest BCUT2D eigenvalue weighted by Crippen LogP contribution is -2.36. The van der Waals surface area contributed by atoms with Gasteiger partial charge in [-0.05, 0) is 18.8 Å². The first-order chi connectivity index (χ1) is 10.7. The van der Waals surface area contributed by atoms with Crippen LogP contribution in [0.1, 0.15) is 49.4 Å². The second-order valence-electron chi connectivity index (χ2n) is 5.94. The van der Waals surface area contributed by atoms with Gasteiger partial charge >= 0.3 is 12.1 Å². The predicted molar refractivity (Wildman–Crippen MR) is 76.8 cm³/mol. The largest absolute Gasteiger partial charge is 0.467 e. The number of hydrogen-bond acceptors (Lipinski definition) is 5. The zero-order valence-electron chi connectivity index (χ0n) is 12.7. The molecular formula is C15H21N3O4. The van der Waals surface area contributed by atoms with Gasteiger partial charge in [0.05, 0.1) is 32.2 Å². The summed E-state index contributed by atoms with van der Waals surface area (Å²) < 4.78 is 10.2. The third kappa shape index (κ3) is 2.80. The average Bonchev–Trinajstić information content (AvgIpc) is 3.13. The third-order valence-electron chi connectivity index (χ3n) is 4.51. The Kier molecular flexibility index (Phi) is 4.31. The number of nitrogens with one attached hydrogen (secondary N) is 1. The van der Waals surface area contributed by atoms with E-state index < -0.39 is 18.1 Å². The first-order valence-electron chi connectivity index (χ1n) is 7.74. The van der Waals surface area contributed by atoms with Crippen molar-refractivity contribution in [3.63, 3.8) is 0 Å². The Morgan fingerprint density at radius 1 is 1.36 bits per heavy atom. The maximum atomic E-state index is 12.3.